The zero-order valence-corrected chi connectivity index (χ0v) is 14.4. The highest BCUT2D eigenvalue weighted by Gasteiger charge is 2.26. The fourth-order valence-corrected chi connectivity index (χ4v) is 3.89. The second kappa shape index (κ2) is 6.80. The van der Waals surface area contributed by atoms with Crippen molar-refractivity contribution in [3.05, 3.63) is 33.0 Å². The maximum absolute atomic E-state index is 12.5. The Morgan fingerprint density at radius 3 is 2.96 bits per heavy atom. The molecule has 6 nitrogen and oxygen atoms in total. The van der Waals surface area contributed by atoms with Crippen LogP contribution in [-0.2, 0) is 37.3 Å². The number of hydrogen-bond acceptors (Lipinski definition) is 5. The number of thiazole rings is 1. The van der Waals surface area contributed by atoms with Crippen LogP contribution in [0.25, 0.3) is 0 Å². The van der Waals surface area contributed by atoms with E-state index < -0.39 is 0 Å². The van der Waals surface area contributed by atoms with Crippen molar-refractivity contribution in [1.29, 1.82) is 0 Å². The van der Waals surface area contributed by atoms with Gasteiger partial charge < -0.3 is 10.0 Å². The molecule has 1 N–H and O–H groups in total. The standard InChI is InChI=1S/C16H22N4O2S/c1-3-20-14-6-7-19(8-12(14)13(9-21)18-20)16(22)5-4-15-11(2)17-10-23-15/h10,21H,3-9H2,1-2H3. The van der Waals surface area contributed by atoms with E-state index in [1.807, 2.05) is 28.9 Å². The number of nitrogens with zero attached hydrogens (tertiary/aromatic N) is 4. The lowest BCUT2D eigenvalue weighted by Crippen LogP contribution is -2.36. The van der Waals surface area contributed by atoms with E-state index in [9.17, 15) is 9.90 Å². The topological polar surface area (TPSA) is 71.2 Å². The summed E-state index contributed by atoms with van der Waals surface area (Å²) in [7, 11) is 0. The summed E-state index contributed by atoms with van der Waals surface area (Å²) in [6.45, 7) is 6.04. The Morgan fingerprint density at radius 2 is 2.30 bits per heavy atom. The second-order valence-corrected chi connectivity index (χ2v) is 6.71. The molecule has 7 heteroatoms. The molecule has 0 saturated heterocycles. The van der Waals surface area contributed by atoms with Crippen LogP contribution < -0.4 is 0 Å². The number of hydrogen-bond donors (Lipinski definition) is 1. The molecule has 0 bridgehead atoms. The first-order chi connectivity index (χ1) is 11.1. The van der Waals surface area contributed by atoms with Crippen LogP contribution in [0.15, 0.2) is 5.51 Å². The summed E-state index contributed by atoms with van der Waals surface area (Å²) >= 11 is 1.61. The Labute approximate surface area is 139 Å². The van der Waals surface area contributed by atoms with Crippen LogP contribution in [-0.4, -0.2) is 37.2 Å². The van der Waals surface area contributed by atoms with Crippen molar-refractivity contribution in [3.63, 3.8) is 0 Å². The Hall–Kier alpha value is -1.73. The number of aliphatic hydroxyl groups is 1. The third-order valence-electron chi connectivity index (χ3n) is 4.43. The maximum atomic E-state index is 12.5. The van der Waals surface area contributed by atoms with E-state index >= 15 is 0 Å². The highest BCUT2D eigenvalue weighted by Crippen LogP contribution is 2.24. The van der Waals surface area contributed by atoms with E-state index in [0.29, 0.717) is 18.7 Å². The second-order valence-electron chi connectivity index (χ2n) is 5.77. The van der Waals surface area contributed by atoms with Gasteiger partial charge in [0.25, 0.3) is 0 Å². The average Bonchev–Trinajstić information content (AvgIpc) is 3.14. The van der Waals surface area contributed by atoms with Gasteiger partial charge in [0, 0.05) is 48.6 Å². The van der Waals surface area contributed by atoms with Crippen molar-refractivity contribution in [2.75, 3.05) is 6.54 Å². The Bertz CT molecular complexity index is 707. The summed E-state index contributed by atoms with van der Waals surface area (Å²) in [5.74, 6) is 0.164. The van der Waals surface area contributed by atoms with E-state index in [2.05, 4.69) is 10.1 Å². The summed E-state index contributed by atoms with van der Waals surface area (Å²) in [4.78, 5) is 19.8. The summed E-state index contributed by atoms with van der Waals surface area (Å²) in [5, 5.41) is 13.9. The van der Waals surface area contributed by atoms with Gasteiger partial charge >= 0.3 is 0 Å². The van der Waals surface area contributed by atoms with E-state index in [-0.39, 0.29) is 12.5 Å². The molecule has 0 unspecified atom stereocenters. The molecule has 0 saturated carbocycles. The number of aliphatic hydroxyl groups excluding tert-OH is 1. The fourth-order valence-electron chi connectivity index (χ4n) is 3.11. The predicted molar refractivity (Wildman–Crippen MR) is 88.1 cm³/mol. The van der Waals surface area contributed by atoms with Gasteiger partial charge in [0.05, 0.1) is 23.5 Å². The van der Waals surface area contributed by atoms with Crippen molar-refractivity contribution < 1.29 is 9.90 Å². The molecule has 124 valence electrons. The summed E-state index contributed by atoms with van der Waals surface area (Å²) in [5.41, 5.74) is 5.75. The van der Waals surface area contributed by atoms with Gasteiger partial charge in [0.2, 0.25) is 5.91 Å². The molecular weight excluding hydrogens is 312 g/mol. The van der Waals surface area contributed by atoms with Crippen molar-refractivity contribution in [2.45, 2.75) is 52.8 Å². The van der Waals surface area contributed by atoms with Crippen LogP contribution in [0.1, 0.15) is 40.9 Å². The summed E-state index contributed by atoms with van der Waals surface area (Å²) < 4.78 is 1.95. The Morgan fingerprint density at radius 1 is 1.48 bits per heavy atom. The molecule has 0 fully saturated rings. The number of carbonyl (C=O) groups is 1. The molecular formula is C16H22N4O2S. The molecule has 0 spiro atoms. The van der Waals surface area contributed by atoms with Gasteiger partial charge in [-0.05, 0) is 20.3 Å². The molecule has 0 radical (unpaired) electrons. The van der Waals surface area contributed by atoms with Crippen molar-refractivity contribution in [1.82, 2.24) is 19.7 Å². The third kappa shape index (κ3) is 3.16. The van der Waals surface area contributed by atoms with Gasteiger partial charge in [0.1, 0.15) is 0 Å². The van der Waals surface area contributed by atoms with Crippen LogP contribution in [0.3, 0.4) is 0 Å². The quantitative estimate of drug-likeness (QED) is 0.903. The highest BCUT2D eigenvalue weighted by atomic mass is 32.1. The number of rotatable bonds is 5. The molecule has 0 aliphatic carbocycles. The minimum absolute atomic E-state index is 0.0720. The first-order valence-corrected chi connectivity index (χ1v) is 8.87. The third-order valence-corrected chi connectivity index (χ3v) is 5.42. The minimum atomic E-state index is -0.0720. The fraction of sp³-hybridized carbons (Fsp3) is 0.562. The number of amides is 1. The van der Waals surface area contributed by atoms with Crippen molar-refractivity contribution in [2.24, 2.45) is 0 Å². The lowest BCUT2D eigenvalue weighted by molar-refractivity contribution is -0.132. The first kappa shape index (κ1) is 16.1. The molecule has 2 aromatic heterocycles. The summed E-state index contributed by atoms with van der Waals surface area (Å²) in [6, 6.07) is 0. The zero-order chi connectivity index (χ0) is 16.4. The SMILES string of the molecule is CCn1nc(CO)c2c1CCN(C(=O)CCc1scnc1C)C2. The van der Waals surface area contributed by atoms with Gasteiger partial charge in [-0.1, -0.05) is 0 Å². The van der Waals surface area contributed by atoms with Crippen LogP contribution in [0.4, 0.5) is 0 Å². The molecule has 0 aromatic carbocycles. The van der Waals surface area contributed by atoms with Crippen LogP contribution in [0, 0.1) is 6.92 Å². The molecule has 1 amide bonds. The Kier molecular flexibility index (Phi) is 4.77. The van der Waals surface area contributed by atoms with Gasteiger partial charge in [-0.3, -0.25) is 9.48 Å². The number of fused-ring (bicyclic) bond motifs is 1. The van der Waals surface area contributed by atoms with E-state index in [4.69, 9.17) is 0 Å². The van der Waals surface area contributed by atoms with Crippen LogP contribution in [0.5, 0.6) is 0 Å². The number of carbonyl (C=O) groups excluding carboxylic acids is 1. The maximum Gasteiger partial charge on any atom is 0.223 e. The zero-order valence-electron chi connectivity index (χ0n) is 13.6. The smallest absolute Gasteiger partial charge is 0.223 e. The monoisotopic (exact) mass is 334 g/mol. The Balaban J connectivity index is 1.68. The van der Waals surface area contributed by atoms with E-state index in [0.717, 1.165) is 37.2 Å². The number of aromatic nitrogens is 3. The summed E-state index contributed by atoms with van der Waals surface area (Å²) in [6.07, 6.45) is 2.07. The van der Waals surface area contributed by atoms with Crippen LogP contribution in [0.2, 0.25) is 0 Å². The molecule has 3 rings (SSSR count). The number of aryl methyl sites for hydroxylation is 3. The molecule has 3 heterocycles. The molecule has 0 atom stereocenters. The molecule has 23 heavy (non-hydrogen) atoms. The predicted octanol–water partition coefficient (Wildman–Crippen LogP) is 1.68. The van der Waals surface area contributed by atoms with Gasteiger partial charge in [-0.15, -0.1) is 11.3 Å². The van der Waals surface area contributed by atoms with Gasteiger partial charge in [-0.2, -0.15) is 5.10 Å². The minimum Gasteiger partial charge on any atom is -0.390 e. The van der Waals surface area contributed by atoms with E-state index in [1.54, 1.807) is 11.3 Å². The largest absolute Gasteiger partial charge is 0.390 e. The van der Waals surface area contributed by atoms with Gasteiger partial charge in [0.15, 0.2) is 0 Å². The normalized spacial score (nSPS) is 14.1. The molecule has 1 aliphatic rings. The van der Waals surface area contributed by atoms with E-state index in [1.165, 1.54) is 10.6 Å². The molecule has 2 aromatic rings. The van der Waals surface area contributed by atoms with Crippen LogP contribution >= 0.6 is 11.3 Å². The molecule has 1 aliphatic heterocycles. The average molecular weight is 334 g/mol. The highest BCUT2D eigenvalue weighted by molar-refractivity contribution is 7.09. The van der Waals surface area contributed by atoms with Gasteiger partial charge in [-0.25, -0.2) is 4.98 Å². The lowest BCUT2D eigenvalue weighted by atomic mass is 10.0. The van der Waals surface area contributed by atoms with Crippen molar-refractivity contribution >= 4 is 17.2 Å². The lowest BCUT2D eigenvalue weighted by Gasteiger charge is -2.28. The van der Waals surface area contributed by atoms with Crippen molar-refractivity contribution in [3.8, 4) is 0 Å². The first-order valence-electron chi connectivity index (χ1n) is 7.99.